The van der Waals surface area contributed by atoms with Gasteiger partial charge in [0, 0.05) is 23.5 Å². The molecule has 0 amide bonds. The summed E-state index contributed by atoms with van der Waals surface area (Å²) in [6.45, 7) is 7.34. The summed E-state index contributed by atoms with van der Waals surface area (Å²) >= 11 is 1.62. The van der Waals surface area contributed by atoms with Gasteiger partial charge in [-0.15, -0.1) is 11.3 Å². The molecule has 0 aliphatic carbocycles. The average molecular weight is 399 g/mol. The molecule has 0 radical (unpaired) electrons. The third-order valence-corrected chi connectivity index (χ3v) is 4.88. The van der Waals surface area contributed by atoms with Crippen molar-refractivity contribution in [2.75, 3.05) is 11.9 Å². The lowest BCUT2D eigenvalue weighted by Crippen LogP contribution is -2.32. The van der Waals surface area contributed by atoms with Crippen molar-refractivity contribution in [3.63, 3.8) is 0 Å². The molecule has 6 nitrogen and oxygen atoms in total. The second-order valence-corrected chi connectivity index (χ2v) is 7.54. The molecule has 0 unspecified atom stereocenters. The molecule has 3 rings (SSSR count). The van der Waals surface area contributed by atoms with Gasteiger partial charge in [-0.1, -0.05) is 0 Å². The van der Waals surface area contributed by atoms with Crippen LogP contribution in [0, 0.1) is 6.92 Å². The normalized spacial score (nSPS) is 11.6. The zero-order chi connectivity index (χ0) is 19.8. The molecule has 0 atom stereocenters. The lowest BCUT2D eigenvalue weighted by atomic mass is 10.3. The van der Waals surface area contributed by atoms with Gasteiger partial charge in [0.25, 0.3) is 0 Å². The van der Waals surface area contributed by atoms with E-state index in [1.165, 1.54) is 0 Å². The second kappa shape index (κ2) is 9.94. The van der Waals surface area contributed by atoms with Crippen LogP contribution >= 0.6 is 11.3 Å². The zero-order valence-electron chi connectivity index (χ0n) is 16.4. The molecular weight excluding hydrogens is 372 g/mol. The van der Waals surface area contributed by atoms with Gasteiger partial charge >= 0.3 is 0 Å². The highest BCUT2D eigenvalue weighted by Crippen LogP contribution is 2.17. The van der Waals surface area contributed by atoms with Crippen LogP contribution in [0.25, 0.3) is 0 Å². The Morgan fingerprint density at radius 3 is 2.71 bits per heavy atom. The number of benzene rings is 1. The van der Waals surface area contributed by atoms with Crippen LogP contribution < -0.4 is 15.4 Å². The first-order chi connectivity index (χ1) is 13.6. The van der Waals surface area contributed by atoms with Crippen LogP contribution in [-0.2, 0) is 13.0 Å². The minimum absolute atomic E-state index is 0.154. The Balaban J connectivity index is 1.64. The standard InChI is InChI=1S/C21H26N4O2S/c1-15(2)27-19-8-6-17(7-9-19)25-21(22-11-10-18-5-4-12-26-18)23-13-20-16(3)24-14-28-20/h4-9,12,14-15H,10-11,13H2,1-3H3,(H2,22,23,25). The molecule has 7 heteroatoms. The minimum Gasteiger partial charge on any atom is -0.491 e. The highest BCUT2D eigenvalue weighted by Gasteiger charge is 2.05. The van der Waals surface area contributed by atoms with Crippen molar-refractivity contribution in [2.24, 2.45) is 4.99 Å². The molecule has 0 aliphatic rings. The van der Waals surface area contributed by atoms with Crippen LogP contribution in [0.15, 0.2) is 57.6 Å². The summed E-state index contributed by atoms with van der Waals surface area (Å²) in [6, 6.07) is 11.8. The van der Waals surface area contributed by atoms with Crippen molar-refractivity contribution >= 4 is 23.0 Å². The molecule has 0 aliphatic heterocycles. The number of aryl methyl sites for hydroxylation is 1. The van der Waals surface area contributed by atoms with Gasteiger partial charge in [-0.3, -0.25) is 0 Å². The Bertz CT molecular complexity index is 870. The van der Waals surface area contributed by atoms with Gasteiger partial charge in [0.05, 0.1) is 30.1 Å². The molecule has 148 valence electrons. The maximum Gasteiger partial charge on any atom is 0.196 e. The Morgan fingerprint density at radius 1 is 1.25 bits per heavy atom. The Hall–Kier alpha value is -2.80. The maximum absolute atomic E-state index is 5.70. The summed E-state index contributed by atoms with van der Waals surface area (Å²) in [6.07, 6.45) is 2.63. The number of nitrogens with one attached hydrogen (secondary N) is 2. The zero-order valence-corrected chi connectivity index (χ0v) is 17.3. The third-order valence-electron chi connectivity index (χ3n) is 3.96. The van der Waals surface area contributed by atoms with E-state index in [-0.39, 0.29) is 6.10 Å². The summed E-state index contributed by atoms with van der Waals surface area (Å²) in [4.78, 5) is 10.2. The highest BCUT2D eigenvalue weighted by molar-refractivity contribution is 7.09. The lowest BCUT2D eigenvalue weighted by Gasteiger charge is -2.14. The van der Waals surface area contributed by atoms with Crippen LogP contribution in [0.3, 0.4) is 0 Å². The van der Waals surface area contributed by atoms with Crippen molar-refractivity contribution in [3.05, 3.63) is 64.5 Å². The predicted octanol–water partition coefficient (Wildman–Crippen LogP) is 4.63. The van der Waals surface area contributed by atoms with Gasteiger partial charge in [-0.2, -0.15) is 0 Å². The van der Waals surface area contributed by atoms with Gasteiger partial charge in [0.1, 0.15) is 11.5 Å². The number of hydrogen-bond donors (Lipinski definition) is 2. The third kappa shape index (κ3) is 6.13. The molecule has 2 heterocycles. The Morgan fingerprint density at radius 2 is 2.07 bits per heavy atom. The van der Waals surface area contributed by atoms with Crippen LogP contribution in [0.5, 0.6) is 5.75 Å². The molecule has 3 aromatic rings. The molecule has 0 fully saturated rings. The van der Waals surface area contributed by atoms with Crippen molar-refractivity contribution in [1.29, 1.82) is 0 Å². The van der Waals surface area contributed by atoms with E-state index in [9.17, 15) is 0 Å². The van der Waals surface area contributed by atoms with E-state index in [0.717, 1.165) is 46.7 Å². The van der Waals surface area contributed by atoms with E-state index < -0.39 is 0 Å². The quantitative estimate of drug-likeness (QED) is 0.427. The van der Waals surface area contributed by atoms with Crippen molar-refractivity contribution in [2.45, 2.75) is 39.8 Å². The van der Waals surface area contributed by atoms with Gasteiger partial charge in [0.15, 0.2) is 5.96 Å². The fourth-order valence-corrected chi connectivity index (χ4v) is 3.25. The summed E-state index contributed by atoms with van der Waals surface area (Å²) in [7, 11) is 0. The number of aromatic nitrogens is 1. The van der Waals surface area contributed by atoms with E-state index in [0.29, 0.717) is 6.54 Å². The molecule has 2 aromatic heterocycles. The first-order valence-electron chi connectivity index (χ1n) is 9.33. The molecule has 2 N–H and O–H groups in total. The van der Waals surface area contributed by atoms with Crippen LogP contribution in [-0.4, -0.2) is 23.6 Å². The molecule has 28 heavy (non-hydrogen) atoms. The smallest absolute Gasteiger partial charge is 0.196 e. The van der Waals surface area contributed by atoms with Crippen LogP contribution in [0.4, 0.5) is 5.69 Å². The molecule has 0 saturated heterocycles. The molecule has 0 bridgehead atoms. The number of hydrogen-bond acceptors (Lipinski definition) is 5. The fraction of sp³-hybridized carbons (Fsp3) is 0.333. The topological polar surface area (TPSA) is 71.7 Å². The van der Waals surface area contributed by atoms with Crippen molar-refractivity contribution in [1.82, 2.24) is 10.3 Å². The number of rotatable bonds is 8. The maximum atomic E-state index is 5.70. The molecule has 1 aromatic carbocycles. The van der Waals surface area contributed by atoms with Crippen molar-refractivity contribution in [3.8, 4) is 5.75 Å². The monoisotopic (exact) mass is 398 g/mol. The van der Waals surface area contributed by atoms with Gasteiger partial charge in [0.2, 0.25) is 0 Å². The van der Waals surface area contributed by atoms with E-state index in [2.05, 4.69) is 15.6 Å². The molecule has 0 spiro atoms. The number of nitrogens with zero attached hydrogens (tertiary/aromatic N) is 2. The summed E-state index contributed by atoms with van der Waals surface area (Å²) in [5, 5.41) is 6.73. The van der Waals surface area contributed by atoms with Crippen LogP contribution in [0.2, 0.25) is 0 Å². The second-order valence-electron chi connectivity index (χ2n) is 6.60. The first kappa shape index (κ1) is 19.9. The first-order valence-corrected chi connectivity index (χ1v) is 10.2. The van der Waals surface area contributed by atoms with Gasteiger partial charge in [-0.25, -0.2) is 9.98 Å². The number of guanidine groups is 1. The minimum atomic E-state index is 0.154. The summed E-state index contributed by atoms with van der Waals surface area (Å²) in [5.41, 5.74) is 3.82. The number of aliphatic imine (C=N–C) groups is 1. The number of ether oxygens (including phenoxy) is 1. The number of furan rings is 1. The van der Waals surface area contributed by atoms with Gasteiger partial charge < -0.3 is 19.8 Å². The Labute approximate surface area is 169 Å². The van der Waals surface area contributed by atoms with E-state index in [4.69, 9.17) is 14.1 Å². The molecular formula is C21H26N4O2S. The average Bonchev–Trinajstić information content (AvgIpc) is 3.32. The molecule has 0 saturated carbocycles. The Kier molecular flexibility index (Phi) is 7.08. The fourth-order valence-electron chi connectivity index (χ4n) is 2.55. The lowest BCUT2D eigenvalue weighted by molar-refractivity contribution is 0.242. The summed E-state index contributed by atoms with van der Waals surface area (Å²) in [5.74, 6) is 2.52. The van der Waals surface area contributed by atoms with Gasteiger partial charge in [-0.05, 0) is 57.2 Å². The van der Waals surface area contributed by atoms with E-state index >= 15 is 0 Å². The largest absolute Gasteiger partial charge is 0.491 e. The SMILES string of the molecule is Cc1ncsc1CN=C(NCCc1ccco1)Nc1ccc(OC(C)C)cc1. The number of anilines is 1. The summed E-state index contributed by atoms with van der Waals surface area (Å²) < 4.78 is 11.1. The van der Waals surface area contributed by atoms with Crippen LogP contribution in [0.1, 0.15) is 30.2 Å². The van der Waals surface area contributed by atoms with E-state index in [1.54, 1.807) is 17.6 Å². The number of thiazole rings is 1. The van der Waals surface area contributed by atoms with E-state index in [1.807, 2.05) is 62.7 Å². The predicted molar refractivity (Wildman–Crippen MR) is 114 cm³/mol. The van der Waals surface area contributed by atoms with Crippen molar-refractivity contribution < 1.29 is 9.15 Å². The highest BCUT2D eigenvalue weighted by atomic mass is 32.1.